The first-order chi connectivity index (χ1) is 17.9. The van der Waals surface area contributed by atoms with Crippen LogP contribution >= 0.6 is 11.3 Å². The lowest BCUT2D eigenvalue weighted by atomic mass is 10.1. The van der Waals surface area contributed by atoms with Gasteiger partial charge in [0.2, 0.25) is 0 Å². The molecule has 1 saturated heterocycles. The molecule has 190 valence electrons. The summed E-state index contributed by atoms with van der Waals surface area (Å²) < 4.78 is 0. The van der Waals surface area contributed by atoms with Crippen LogP contribution in [-0.4, -0.2) is 58.9 Å². The maximum absolute atomic E-state index is 12.9. The molecule has 2 N–H and O–H groups in total. The monoisotopic (exact) mass is 512 g/mol. The van der Waals surface area contributed by atoms with E-state index in [-0.39, 0.29) is 5.91 Å². The number of benzene rings is 2. The van der Waals surface area contributed by atoms with Gasteiger partial charge < -0.3 is 15.5 Å². The van der Waals surface area contributed by atoms with E-state index in [9.17, 15) is 4.79 Å². The number of pyridine rings is 1. The van der Waals surface area contributed by atoms with E-state index in [0.29, 0.717) is 5.56 Å². The lowest BCUT2D eigenvalue weighted by Gasteiger charge is -2.32. The Hall–Kier alpha value is -3.59. The SMILES string of the molecule is Cc1ccc(NC(=O)c2ccc(CN3CCN(C)CC3)cc2)cc1Nc1nc(-c2cnccc2C)cs1. The molecular formula is C29H32N6OS. The van der Waals surface area contributed by atoms with Gasteiger partial charge in [-0.3, -0.25) is 14.7 Å². The van der Waals surface area contributed by atoms with E-state index in [4.69, 9.17) is 4.98 Å². The molecule has 1 fully saturated rings. The van der Waals surface area contributed by atoms with Crippen LogP contribution in [0.3, 0.4) is 0 Å². The van der Waals surface area contributed by atoms with Crippen LogP contribution in [0.2, 0.25) is 0 Å². The summed E-state index contributed by atoms with van der Waals surface area (Å²) in [6.45, 7) is 9.36. The van der Waals surface area contributed by atoms with Gasteiger partial charge >= 0.3 is 0 Å². The maximum atomic E-state index is 12.9. The van der Waals surface area contributed by atoms with Gasteiger partial charge in [-0.15, -0.1) is 11.3 Å². The predicted molar refractivity (Wildman–Crippen MR) is 152 cm³/mol. The number of aromatic nitrogens is 2. The molecule has 7 nitrogen and oxygen atoms in total. The number of carbonyl (C=O) groups is 1. The molecule has 0 spiro atoms. The van der Waals surface area contributed by atoms with Crippen molar-refractivity contribution in [2.24, 2.45) is 0 Å². The van der Waals surface area contributed by atoms with Crippen LogP contribution in [-0.2, 0) is 6.54 Å². The molecule has 1 aliphatic heterocycles. The molecule has 0 radical (unpaired) electrons. The van der Waals surface area contributed by atoms with Crippen LogP contribution in [0, 0.1) is 13.8 Å². The van der Waals surface area contributed by atoms with E-state index in [2.05, 4.69) is 51.5 Å². The number of hydrogen-bond acceptors (Lipinski definition) is 7. The number of amides is 1. The summed E-state index contributed by atoms with van der Waals surface area (Å²) in [6, 6.07) is 15.8. The fourth-order valence-corrected chi connectivity index (χ4v) is 5.09. The quantitative estimate of drug-likeness (QED) is 0.338. The van der Waals surface area contributed by atoms with Gasteiger partial charge in [0.25, 0.3) is 5.91 Å². The number of carbonyl (C=O) groups excluding carboxylic acids is 1. The molecule has 37 heavy (non-hydrogen) atoms. The van der Waals surface area contributed by atoms with E-state index < -0.39 is 0 Å². The van der Waals surface area contributed by atoms with Gasteiger partial charge in [0.05, 0.1) is 5.69 Å². The normalized spacial score (nSPS) is 14.5. The number of nitrogens with one attached hydrogen (secondary N) is 2. The largest absolute Gasteiger partial charge is 0.331 e. The number of rotatable bonds is 7. The molecule has 0 atom stereocenters. The summed E-state index contributed by atoms with van der Waals surface area (Å²) in [5.74, 6) is -0.121. The Morgan fingerprint density at radius 1 is 1.00 bits per heavy atom. The number of likely N-dealkylation sites (N-methyl/N-ethyl adjacent to an activating group) is 1. The molecule has 0 unspecified atom stereocenters. The van der Waals surface area contributed by atoms with Crippen molar-refractivity contribution in [3.05, 3.63) is 88.6 Å². The molecule has 4 aromatic rings. The second-order valence-corrected chi connectivity index (χ2v) is 10.5. The van der Waals surface area contributed by atoms with Crippen molar-refractivity contribution in [1.82, 2.24) is 19.8 Å². The highest BCUT2D eigenvalue weighted by Crippen LogP contribution is 2.30. The number of anilines is 3. The third-order valence-electron chi connectivity index (χ3n) is 6.77. The Balaban J connectivity index is 1.22. The first kappa shape index (κ1) is 25.1. The van der Waals surface area contributed by atoms with E-state index in [1.807, 2.05) is 54.9 Å². The highest BCUT2D eigenvalue weighted by molar-refractivity contribution is 7.14. The minimum absolute atomic E-state index is 0.121. The van der Waals surface area contributed by atoms with Gasteiger partial charge in [-0.2, -0.15) is 0 Å². The first-order valence-corrected chi connectivity index (χ1v) is 13.4. The highest BCUT2D eigenvalue weighted by Gasteiger charge is 2.15. The third kappa shape index (κ3) is 6.22. The fourth-order valence-electron chi connectivity index (χ4n) is 4.37. The van der Waals surface area contributed by atoms with Crippen molar-refractivity contribution in [3.63, 3.8) is 0 Å². The molecule has 2 aromatic carbocycles. The molecule has 0 saturated carbocycles. The maximum Gasteiger partial charge on any atom is 0.255 e. The van der Waals surface area contributed by atoms with E-state index >= 15 is 0 Å². The fraction of sp³-hybridized carbons (Fsp3) is 0.276. The standard InChI is InChI=1S/C29H32N6OS/c1-20-10-11-30-17-25(20)27-19-37-29(33-27)32-26-16-24(9-4-21(26)2)31-28(36)23-7-5-22(6-8-23)18-35-14-12-34(3)13-15-35/h4-11,16-17,19H,12-15,18H2,1-3H3,(H,31,36)(H,32,33). The predicted octanol–water partition coefficient (Wildman–Crippen LogP) is 5.57. The number of thiazole rings is 1. The zero-order valence-electron chi connectivity index (χ0n) is 21.5. The molecule has 5 rings (SSSR count). The van der Waals surface area contributed by atoms with E-state index in [1.165, 1.54) is 5.56 Å². The average molecular weight is 513 g/mol. The average Bonchev–Trinajstić information content (AvgIpc) is 3.36. The van der Waals surface area contributed by atoms with Crippen LogP contribution in [0.25, 0.3) is 11.3 Å². The van der Waals surface area contributed by atoms with Gasteiger partial charge in [-0.25, -0.2) is 4.98 Å². The molecule has 1 amide bonds. The molecule has 1 aliphatic rings. The smallest absolute Gasteiger partial charge is 0.255 e. The molecule has 2 aromatic heterocycles. The topological polar surface area (TPSA) is 73.4 Å². The van der Waals surface area contributed by atoms with Gasteiger partial charge in [0.15, 0.2) is 5.13 Å². The summed E-state index contributed by atoms with van der Waals surface area (Å²) in [5.41, 5.74) is 7.65. The summed E-state index contributed by atoms with van der Waals surface area (Å²) in [4.78, 5) is 26.7. The summed E-state index contributed by atoms with van der Waals surface area (Å²) in [6.07, 6.45) is 3.63. The van der Waals surface area contributed by atoms with Crippen LogP contribution in [0.15, 0.2) is 66.3 Å². The van der Waals surface area contributed by atoms with Crippen molar-refractivity contribution in [3.8, 4) is 11.3 Å². The zero-order valence-corrected chi connectivity index (χ0v) is 22.3. The molecule has 0 bridgehead atoms. The van der Waals surface area contributed by atoms with Gasteiger partial charge in [-0.1, -0.05) is 18.2 Å². The van der Waals surface area contributed by atoms with Crippen molar-refractivity contribution >= 4 is 33.8 Å². The number of piperazine rings is 1. The van der Waals surface area contributed by atoms with Crippen LogP contribution < -0.4 is 10.6 Å². The molecule has 3 heterocycles. The van der Waals surface area contributed by atoms with Crippen LogP contribution in [0.4, 0.5) is 16.5 Å². The second kappa shape index (κ2) is 11.2. The van der Waals surface area contributed by atoms with Crippen LogP contribution in [0.1, 0.15) is 27.0 Å². The van der Waals surface area contributed by atoms with Gasteiger partial charge in [0.1, 0.15) is 0 Å². The zero-order chi connectivity index (χ0) is 25.8. The summed E-state index contributed by atoms with van der Waals surface area (Å²) in [5, 5.41) is 9.27. The molecule has 8 heteroatoms. The lowest BCUT2D eigenvalue weighted by Crippen LogP contribution is -2.43. The molecule has 0 aliphatic carbocycles. The van der Waals surface area contributed by atoms with E-state index in [0.717, 1.165) is 71.6 Å². The minimum atomic E-state index is -0.121. The Morgan fingerprint density at radius 2 is 1.78 bits per heavy atom. The van der Waals surface area contributed by atoms with Crippen LogP contribution in [0.5, 0.6) is 0 Å². The van der Waals surface area contributed by atoms with Crippen molar-refractivity contribution < 1.29 is 4.79 Å². The number of hydrogen-bond donors (Lipinski definition) is 2. The van der Waals surface area contributed by atoms with Crippen molar-refractivity contribution in [2.75, 3.05) is 43.9 Å². The molecular weight excluding hydrogens is 480 g/mol. The van der Waals surface area contributed by atoms with Crippen molar-refractivity contribution in [1.29, 1.82) is 0 Å². The number of aryl methyl sites for hydroxylation is 2. The van der Waals surface area contributed by atoms with Crippen molar-refractivity contribution in [2.45, 2.75) is 20.4 Å². The Labute approximate surface area is 222 Å². The second-order valence-electron chi connectivity index (χ2n) is 9.61. The van der Waals surface area contributed by atoms with E-state index in [1.54, 1.807) is 17.5 Å². The minimum Gasteiger partial charge on any atom is -0.331 e. The van der Waals surface area contributed by atoms with Gasteiger partial charge in [-0.05, 0) is 67.9 Å². The first-order valence-electron chi connectivity index (χ1n) is 12.5. The lowest BCUT2D eigenvalue weighted by molar-refractivity contribution is 0.102. The number of nitrogens with zero attached hydrogens (tertiary/aromatic N) is 4. The third-order valence-corrected chi connectivity index (χ3v) is 7.53. The van der Waals surface area contributed by atoms with Gasteiger partial charge in [0, 0.05) is 73.0 Å². The summed E-state index contributed by atoms with van der Waals surface area (Å²) >= 11 is 1.54. The Bertz CT molecular complexity index is 1380. The highest BCUT2D eigenvalue weighted by atomic mass is 32.1. The Morgan fingerprint density at radius 3 is 2.54 bits per heavy atom. The summed E-state index contributed by atoms with van der Waals surface area (Å²) in [7, 11) is 2.16. The Kier molecular flexibility index (Phi) is 7.60.